The molecule has 0 amide bonds. The number of aromatic carboxylic acids is 1. The lowest BCUT2D eigenvalue weighted by molar-refractivity contribution is 0.0697. The lowest BCUT2D eigenvalue weighted by Gasteiger charge is -2.06. The molecule has 0 unspecified atom stereocenters. The van der Waals surface area contributed by atoms with E-state index in [1.165, 1.54) is 12.1 Å². The van der Waals surface area contributed by atoms with Gasteiger partial charge in [0.2, 0.25) is 0 Å². The van der Waals surface area contributed by atoms with E-state index in [9.17, 15) is 4.79 Å². The Morgan fingerprint density at radius 1 is 1.00 bits per heavy atom. The first-order valence-electron chi connectivity index (χ1n) is 8.20. The van der Waals surface area contributed by atoms with Crippen LogP contribution in [0, 0.1) is 0 Å². The fourth-order valence-corrected chi connectivity index (χ4v) is 3.34. The number of hydrogen-bond acceptors (Lipinski definition) is 3. The Balaban J connectivity index is 1.60. The van der Waals surface area contributed by atoms with Gasteiger partial charge >= 0.3 is 5.97 Å². The predicted molar refractivity (Wildman–Crippen MR) is 108 cm³/mol. The summed E-state index contributed by atoms with van der Waals surface area (Å²) in [4.78, 5) is 11.1. The maximum atomic E-state index is 11.1. The van der Waals surface area contributed by atoms with Crippen LogP contribution in [-0.2, 0) is 13.0 Å². The van der Waals surface area contributed by atoms with E-state index in [4.69, 9.17) is 44.3 Å². The zero-order valence-corrected chi connectivity index (χ0v) is 16.4. The number of carboxylic acid groups (broad SMARTS) is 1. The first kappa shape index (κ1) is 19.8. The molecule has 0 aliphatic rings. The van der Waals surface area contributed by atoms with Crippen LogP contribution in [0.3, 0.4) is 0 Å². The van der Waals surface area contributed by atoms with Crippen molar-refractivity contribution >= 4 is 40.8 Å². The summed E-state index contributed by atoms with van der Waals surface area (Å²) in [6.07, 6.45) is 0.760. The van der Waals surface area contributed by atoms with Gasteiger partial charge in [-0.25, -0.2) is 4.79 Å². The Morgan fingerprint density at radius 2 is 1.81 bits per heavy atom. The van der Waals surface area contributed by atoms with Gasteiger partial charge in [0.15, 0.2) is 0 Å². The van der Waals surface area contributed by atoms with Gasteiger partial charge in [-0.05, 0) is 61.0 Å². The number of halogens is 3. The normalized spacial score (nSPS) is 10.9. The van der Waals surface area contributed by atoms with Crippen LogP contribution in [0.1, 0.15) is 21.7 Å². The number of carbonyl (C=O) groups is 1. The summed E-state index contributed by atoms with van der Waals surface area (Å²) in [5.74, 6) is 0.242. The van der Waals surface area contributed by atoms with Crippen molar-refractivity contribution in [1.82, 2.24) is 5.32 Å². The quantitative estimate of drug-likeness (QED) is 0.461. The maximum absolute atomic E-state index is 11.1. The number of furan rings is 1. The highest BCUT2D eigenvalue weighted by Gasteiger charge is 2.12. The molecule has 0 saturated carbocycles. The van der Waals surface area contributed by atoms with Gasteiger partial charge in [-0.1, -0.05) is 40.9 Å². The fraction of sp³-hybridized carbons (Fsp3) is 0.150. The van der Waals surface area contributed by atoms with Gasteiger partial charge in [-0.3, -0.25) is 0 Å². The molecule has 0 radical (unpaired) electrons. The number of rotatable bonds is 7. The van der Waals surface area contributed by atoms with Gasteiger partial charge in [-0.2, -0.15) is 0 Å². The smallest absolute Gasteiger partial charge is 0.335 e. The van der Waals surface area contributed by atoms with Crippen molar-refractivity contribution in [2.24, 2.45) is 0 Å². The van der Waals surface area contributed by atoms with Crippen LogP contribution >= 0.6 is 34.8 Å². The molecule has 7 heteroatoms. The van der Waals surface area contributed by atoms with E-state index in [0.29, 0.717) is 39.5 Å². The Morgan fingerprint density at radius 3 is 2.56 bits per heavy atom. The molecule has 0 aliphatic heterocycles. The van der Waals surface area contributed by atoms with Crippen molar-refractivity contribution in [1.29, 1.82) is 0 Å². The second-order valence-corrected chi connectivity index (χ2v) is 7.18. The number of benzene rings is 2. The number of hydrogen-bond donors (Lipinski definition) is 2. The van der Waals surface area contributed by atoms with Crippen molar-refractivity contribution in [3.05, 3.63) is 80.5 Å². The molecule has 0 spiro atoms. The summed E-state index contributed by atoms with van der Waals surface area (Å²) in [5.41, 5.74) is 1.73. The number of nitrogens with one attached hydrogen (secondary N) is 1. The molecule has 1 aromatic heterocycles. The SMILES string of the molecule is O=C(O)c1ccc(Cl)c(-c2ccc(CNCCc3ccc(Cl)cc3Cl)o2)c1. The van der Waals surface area contributed by atoms with Crippen molar-refractivity contribution in [2.45, 2.75) is 13.0 Å². The second-order valence-electron chi connectivity index (χ2n) is 5.93. The molecule has 0 bridgehead atoms. The minimum atomic E-state index is -1.01. The molecule has 3 aromatic rings. The van der Waals surface area contributed by atoms with E-state index >= 15 is 0 Å². The molecule has 1 heterocycles. The van der Waals surface area contributed by atoms with E-state index in [2.05, 4.69) is 5.32 Å². The molecule has 0 fully saturated rings. The summed E-state index contributed by atoms with van der Waals surface area (Å²) >= 11 is 18.2. The van der Waals surface area contributed by atoms with Crippen LogP contribution in [0.4, 0.5) is 0 Å². The third kappa shape index (κ3) is 5.05. The van der Waals surface area contributed by atoms with Crippen LogP contribution in [0.2, 0.25) is 15.1 Å². The highest BCUT2D eigenvalue weighted by atomic mass is 35.5. The maximum Gasteiger partial charge on any atom is 0.335 e. The lowest BCUT2D eigenvalue weighted by Crippen LogP contribution is -2.16. The van der Waals surface area contributed by atoms with Crippen LogP contribution in [0.15, 0.2) is 52.9 Å². The monoisotopic (exact) mass is 423 g/mol. The summed E-state index contributed by atoms with van der Waals surface area (Å²) < 4.78 is 5.79. The van der Waals surface area contributed by atoms with E-state index in [1.54, 1.807) is 18.2 Å². The largest absolute Gasteiger partial charge is 0.478 e. The average molecular weight is 425 g/mol. The molecule has 2 aromatic carbocycles. The van der Waals surface area contributed by atoms with E-state index in [0.717, 1.165) is 17.7 Å². The molecular weight excluding hydrogens is 409 g/mol. The minimum absolute atomic E-state index is 0.158. The first-order valence-corrected chi connectivity index (χ1v) is 9.34. The standard InChI is InChI=1S/C20H16Cl3NO3/c21-14-3-1-12(18(23)10-14)7-8-24-11-15-4-6-19(27-15)16-9-13(20(25)26)2-5-17(16)22/h1-6,9-10,24H,7-8,11H2,(H,25,26). The zero-order valence-electron chi connectivity index (χ0n) is 14.1. The minimum Gasteiger partial charge on any atom is -0.478 e. The summed E-state index contributed by atoms with van der Waals surface area (Å²) in [7, 11) is 0. The van der Waals surface area contributed by atoms with E-state index in [1.807, 2.05) is 18.2 Å². The Bertz CT molecular complexity index is 969. The second kappa shape index (κ2) is 8.81. The van der Waals surface area contributed by atoms with E-state index < -0.39 is 5.97 Å². The average Bonchev–Trinajstić information content (AvgIpc) is 3.09. The summed E-state index contributed by atoms with van der Waals surface area (Å²) in [6.45, 7) is 1.24. The molecule has 4 nitrogen and oxygen atoms in total. The number of carboxylic acids is 1. The lowest BCUT2D eigenvalue weighted by atomic mass is 10.1. The highest BCUT2D eigenvalue weighted by molar-refractivity contribution is 6.35. The van der Waals surface area contributed by atoms with Gasteiger partial charge in [-0.15, -0.1) is 0 Å². The third-order valence-corrected chi connectivity index (χ3v) is 4.94. The molecule has 0 aliphatic carbocycles. The van der Waals surface area contributed by atoms with Crippen LogP contribution < -0.4 is 5.32 Å². The van der Waals surface area contributed by atoms with Gasteiger partial charge < -0.3 is 14.8 Å². The van der Waals surface area contributed by atoms with Crippen molar-refractivity contribution in [3.63, 3.8) is 0 Å². The van der Waals surface area contributed by atoms with Crippen LogP contribution in [0.5, 0.6) is 0 Å². The van der Waals surface area contributed by atoms with Gasteiger partial charge in [0, 0.05) is 15.6 Å². The van der Waals surface area contributed by atoms with Gasteiger partial charge in [0.1, 0.15) is 11.5 Å². The van der Waals surface area contributed by atoms with E-state index in [-0.39, 0.29) is 5.56 Å². The third-order valence-electron chi connectivity index (χ3n) is 4.03. The fourth-order valence-electron chi connectivity index (χ4n) is 2.62. The van der Waals surface area contributed by atoms with Crippen molar-refractivity contribution < 1.29 is 14.3 Å². The van der Waals surface area contributed by atoms with Crippen LogP contribution in [-0.4, -0.2) is 17.6 Å². The summed E-state index contributed by atoms with van der Waals surface area (Å²) in [6, 6.07) is 13.6. The Kier molecular flexibility index (Phi) is 6.45. The van der Waals surface area contributed by atoms with Crippen LogP contribution in [0.25, 0.3) is 11.3 Å². The first-order chi connectivity index (χ1) is 12.9. The zero-order chi connectivity index (χ0) is 19.4. The van der Waals surface area contributed by atoms with Crippen molar-refractivity contribution in [3.8, 4) is 11.3 Å². The highest BCUT2D eigenvalue weighted by Crippen LogP contribution is 2.30. The molecule has 2 N–H and O–H groups in total. The van der Waals surface area contributed by atoms with Crippen molar-refractivity contribution in [2.75, 3.05) is 6.54 Å². The molecule has 140 valence electrons. The summed E-state index contributed by atoms with van der Waals surface area (Å²) in [5, 5.41) is 14.1. The molecular formula is C20H16Cl3NO3. The Hall–Kier alpha value is -1.98. The molecule has 3 rings (SSSR count). The Labute approximate surface area is 171 Å². The molecule has 0 atom stereocenters. The molecule has 27 heavy (non-hydrogen) atoms. The molecule has 0 saturated heterocycles. The predicted octanol–water partition coefficient (Wildman–Crippen LogP) is 5.94. The van der Waals surface area contributed by atoms with Gasteiger partial charge in [0.05, 0.1) is 17.1 Å². The topological polar surface area (TPSA) is 62.5 Å². The van der Waals surface area contributed by atoms with Gasteiger partial charge in [0.25, 0.3) is 0 Å².